The lowest BCUT2D eigenvalue weighted by molar-refractivity contribution is -0.150. The predicted molar refractivity (Wildman–Crippen MR) is 36.0 cm³/mol. The molecule has 0 aromatic carbocycles. The van der Waals surface area contributed by atoms with Crippen LogP contribution in [0.4, 0.5) is 0 Å². The Bertz CT molecular complexity index is 189. The van der Waals surface area contributed by atoms with Crippen molar-refractivity contribution in [2.75, 3.05) is 6.61 Å². The summed E-state index contributed by atoms with van der Waals surface area (Å²) in [5.41, 5.74) is -1.28. The van der Waals surface area contributed by atoms with Crippen LogP contribution in [0.1, 0.15) is 13.8 Å². The minimum atomic E-state index is -1.28. The molecular formula is C7H10O4. The second-order valence-electron chi connectivity index (χ2n) is 2.39. The molecule has 1 rings (SSSR count). The van der Waals surface area contributed by atoms with Crippen LogP contribution in [-0.2, 0) is 19.1 Å². The Hall–Kier alpha value is -0.900. The van der Waals surface area contributed by atoms with Gasteiger partial charge >= 0.3 is 5.97 Å². The van der Waals surface area contributed by atoms with Crippen LogP contribution in [0, 0.1) is 0 Å². The topological polar surface area (TPSA) is 55.9 Å². The van der Waals surface area contributed by atoms with Gasteiger partial charge in [-0.3, -0.25) is 4.79 Å². The molecule has 1 aliphatic heterocycles. The average Bonchev–Trinajstić information content (AvgIpc) is 2.63. The minimum absolute atomic E-state index is 0.268. The minimum Gasteiger partial charge on any atom is -0.463 e. The third kappa shape index (κ3) is 1.14. The maximum atomic E-state index is 11.0. The first-order valence-electron chi connectivity index (χ1n) is 3.48. The van der Waals surface area contributed by atoms with Gasteiger partial charge in [0.05, 0.1) is 6.61 Å². The number of esters is 1. The lowest BCUT2D eigenvalue weighted by atomic mass is 10.1. The Morgan fingerprint density at radius 2 is 2.36 bits per heavy atom. The lowest BCUT2D eigenvalue weighted by Gasteiger charge is -2.02. The summed E-state index contributed by atoms with van der Waals surface area (Å²) in [6.45, 7) is 3.61. The number of ether oxygens (including phenoxy) is 2. The van der Waals surface area contributed by atoms with Gasteiger partial charge in [-0.05, 0) is 13.8 Å². The standard InChI is InChI=1S/C7H10O4/c1-3-10-6(9)7(4-8)5(2)11-7/h4-5H,3H2,1-2H3. The maximum Gasteiger partial charge on any atom is 0.348 e. The Kier molecular flexibility index (Phi) is 1.95. The summed E-state index contributed by atoms with van der Waals surface area (Å²) >= 11 is 0. The Balaban J connectivity index is 2.58. The first kappa shape index (κ1) is 8.20. The third-order valence-electron chi connectivity index (χ3n) is 1.69. The Labute approximate surface area is 64.5 Å². The smallest absolute Gasteiger partial charge is 0.348 e. The molecule has 4 heteroatoms. The van der Waals surface area contributed by atoms with Crippen molar-refractivity contribution in [1.29, 1.82) is 0 Å². The molecule has 0 amide bonds. The van der Waals surface area contributed by atoms with Gasteiger partial charge < -0.3 is 9.47 Å². The normalized spacial score (nSPS) is 34.5. The number of carbonyl (C=O) groups excluding carboxylic acids is 2. The summed E-state index contributed by atoms with van der Waals surface area (Å²) in [6.07, 6.45) is 0.161. The summed E-state index contributed by atoms with van der Waals surface area (Å²) in [5.74, 6) is -0.581. The van der Waals surface area contributed by atoms with Crippen molar-refractivity contribution in [2.45, 2.75) is 25.6 Å². The van der Waals surface area contributed by atoms with Gasteiger partial charge in [-0.15, -0.1) is 0 Å². The monoisotopic (exact) mass is 158 g/mol. The second kappa shape index (κ2) is 2.62. The van der Waals surface area contributed by atoms with Crippen molar-refractivity contribution in [3.63, 3.8) is 0 Å². The van der Waals surface area contributed by atoms with Crippen LogP contribution >= 0.6 is 0 Å². The molecule has 0 bridgehead atoms. The van der Waals surface area contributed by atoms with Crippen molar-refractivity contribution in [3.8, 4) is 0 Å². The van der Waals surface area contributed by atoms with Gasteiger partial charge in [0.2, 0.25) is 5.60 Å². The quantitative estimate of drug-likeness (QED) is 0.249. The number of hydrogen-bond donors (Lipinski definition) is 0. The van der Waals surface area contributed by atoms with E-state index in [9.17, 15) is 9.59 Å². The zero-order valence-corrected chi connectivity index (χ0v) is 6.49. The summed E-state index contributed by atoms with van der Waals surface area (Å²) in [5, 5.41) is 0. The molecule has 11 heavy (non-hydrogen) atoms. The molecule has 2 atom stereocenters. The van der Waals surface area contributed by atoms with Gasteiger partial charge in [-0.1, -0.05) is 0 Å². The molecule has 0 saturated carbocycles. The van der Waals surface area contributed by atoms with Crippen molar-refractivity contribution in [2.24, 2.45) is 0 Å². The molecule has 0 N–H and O–H groups in total. The SMILES string of the molecule is CCOC(=O)C1(C=O)OC1C. The summed E-state index contributed by atoms with van der Waals surface area (Å²) in [7, 11) is 0. The molecule has 1 aliphatic rings. The van der Waals surface area contributed by atoms with Crippen LogP contribution in [0.3, 0.4) is 0 Å². The van der Waals surface area contributed by atoms with E-state index >= 15 is 0 Å². The van der Waals surface area contributed by atoms with Gasteiger partial charge in [-0.25, -0.2) is 4.79 Å². The molecule has 0 spiro atoms. The average molecular weight is 158 g/mol. The van der Waals surface area contributed by atoms with Gasteiger partial charge in [0.15, 0.2) is 6.29 Å². The highest BCUT2D eigenvalue weighted by Crippen LogP contribution is 2.35. The van der Waals surface area contributed by atoms with E-state index in [1.54, 1.807) is 13.8 Å². The van der Waals surface area contributed by atoms with E-state index in [1.165, 1.54) is 0 Å². The molecule has 1 fully saturated rings. The molecular weight excluding hydrogens is 148 g/mol. The van der Waals surface area contributed by atoms with E-state index < -0.39 is 11.6 Å². The molecule has 62 valence electrons. The van der Waals surface area contributed by atoms with Crippen molar-refractivity contribution < 1.29 is 19.1 Å². The molecule has 2 unspecified atom stereocenters. The van der Waals surface area contributed by atoms with Crippen LogP contribution in [0.15, 0.2) is 0 Å². The van der Waals surface area contributed by atoms with Crippen molar-refractivity contribution >= 4 is 12.3 Å². The molecule has 1 saturated heterocycles. The number of hydrogen-bond acceptors (Lipinski definition) is 4. The highest BCUT2D eigenvalue weighted by atomic mass is 16.7. The van der Waals surface area contributed by atoms with E-state index in [0.29, 0.717) is 6.29 Å². The summed E-state index contributed by atoms with van der Waals surface area (Å²) < 4.78 is 9.46. The summed E-state index contributed by atoms with van der Waals surface area (Å²) in [4.78, 5) is 21.4. The highest BCUT2D eigenvalue weighted by Gasteiger charge is 2.61. The van der Waals surface area contributed by atoms with E-state index in [1.807, 2.05) is 0 Å². The van der Waals surface area contributed by atoms with Crippen LogP contribution < -0.4 is 0 Å². The second-order valence-corrected chi connectivity index (χ2v) is 2.39. The predicted octanol–water partition coefficient (Wildman–Crippen LogP) is -0.0941. The number of carbonyl (C=O) groups is 2. The lowest BCUT2D eigenvalue weighted by Crippen LogP contribution is -2.30. The van der Waals surface area contributed by atoms with Crippen molar-refractivity contribution in [3.05, 3.63) is 0 Å². The fraction of sp³-hybridized carbons (Fsp3) is 0.714. The number of aldehydes is 1. The molecule has 0 aromatic heterocycles. The van der Waals surface area contributed by atoms with Crippen LogP contribution in [0.25, 0.3) is 0 Å². The van der Waals surface area contributed by atoms with Crippen LogP contribution in [0.5, 0.6) is 0 Å². The van der Waals surface area contributed by atoms with Gasteiger partial charge in [0.1, 0.15) is 6.10 Å². The summed E-state index contributed by atoms with van der Waals surface area (Å²) in [6, 6.07) is 0. The van der Waals surface area contributed by atoms with E-state index in [0.717, 1.165) is 0 Å². The molecule has 0 radical (unpaired) electrons. The number of epoxide rings is 1. The maximum absolute atomic E-state index is 11.0. The zero-order chi connectivity index (χ0) is 8.48. The van der Waals surface area contributed by atoms with Gasteiger partial charge in [0.25, 0.3) is 0 Å². The van der Waals surface area contributed by atoms with E-state index in [-0.39, 0.29) is 12.7 Å². The van der Waals surface area contributed by atoms with E-state index in [2.05, 4.69) is 4.74 Å². The molecule has 4 nitrogen and oxygen atoms in total. The first-order chi connectivity index (χ1) is 5.17. The van der Waals surface area contributed by atoms with E-state index in [4.69, 9.17) is 4.74 Å². The first-order valence-corrected chi connectivity index (χ1v) is 3.48. The highest BCUT2D eigenvalue weighted by molar-refractivity contribution is 6.00. The number of rotatable bonds is 3. The van der Waals surface area contributed by atoms with Gasteiger partial charge in [-0.2, -0.15) is 0 Å². The van der Waals surface area contributed by atoms with Crippen LogP contribution in [-0.4, -0.2) is 30.6 Å². The molecule has 0 aliphatic carbocycles. The van der Waals surface area contributed by atoms with Crippen molar-refractivity contribution in [1.82, 2.24) is 0 Å². The van der Waals surface area contributed by atoms with Gasteiger partial charge in [0, 0.05) is 0 Å². The zero-order valence-electron chi connectivity index (χ0n) is 6.49. The van der Waals surface area contributed by atoms with Crippen LogP contribution in [0.2, 0.25) is 0 Å². The fourth-order valence-corrected chi connectivity index (χ4v) is 0.888. The Morgan fingerprint density at radius 3 is 2.64 bits per heavy atom. The third-order valence-corrected chi connectivity index (χ3v) is 1.69. The molecule has 0 aromatic rings. The molecule has 1 heterocycles. The Morgan fingerprint density at radius 1 is 1.82 bits per heavy atom. The largest absolute Gasteiger partial charge is 0.463 e. The fourth-order valence-electron chi connectivity index (χ4n) is 0.888.